The lowest BCUT2D eigenvalue weighted by Gasteiger charge is -2.20. The van der Waals surface area contributed by atoms with Crippen LogP contribution in [0.1, 0.15) is 44.7 Å². The molecule has 0 heterocycles. The second kappa shape index (κ2) is 4.89. The lowest BCUT2D eigenvalue weighted by molar-refractivity contribution is 0.433. The predicted octanol–water partition coefficient (Wildman–Crippen LogP) is 4.29. The summed E-state index contributed by atoms with van der Waals surface area (Å²) >= 11 is 3.48. The number of rotatable bonds is 5. The van der Waals surface area contributed by atoms with E-state index >= 15 is 0 Å². The molecule has 0 spiro atoms. The largest absolute Gasteiger partial charge is 0.309 e. The molecule has 0 saturated heterocycles. The average Bonchev–Trinajstić information content (AvgIpc) is 3.00. The normalized spacial score (nSPS) is 19.4. The van der Waals surface area contributed by atoms with E-state index in [1.165, 1.54) is 18.4 Å². The molecule has 0 aromatic heterocycles. The van der Waals surface area contributed by atoms with Gasteiger partial charge in [0.2, 0.25) is 0 Å². The van der Waals surface area contributed by atoms with E-state index in [0.29, 0.717) is 11.5 Å². The Bertz CT molecular complexity index is 340. The van der Waals surface area contributed by atoms with E-state index in [2.05, 4.69) is 59.4 Å². The minimum atomic E-state index is 0.505. The summed E-state index contributed by atoms with van der Waals surface area (Å²) in [5.41, 5.74) is 1.98. The highest BCUT2D eigenvalue weighted by Gasteiger charge is 2.37. The van der Waals surface area contributed by atoms with E-state index in [1.54, 1.807) is 0 Å². The fourth-order valence-electron chi connectivity index (χ4n) is 1.95. The smallest absolute Gasteiger partial charge is 0.0317 e. The lowest BCUT2D eigenvalue weighted by atomic mass is 10.0. The van der Waals surface area contributed by atoms with Crippen LogP contribution in [0.25, 0.3) is 0 Å². The number of hydrogen-bond donors (Lipinski definition) is 1. The van der Waals surface area contributed by atoms with Crippen molar-refractivity contribution in [3.8, 4) is 0 Å². The molecule has 0 aliphatic heterocycles. The molecule has 0 bridgehead atoms. The summed E-state index contributed by atoms with van der Waals surface area (Å²) in [6.07, 6.45) is 3.92. The number of benzene rings is 1. The Morgan fingerprint density at radius 1 is 1.31 bits per heavy atom. The summed E-state index contributed by atoms with van der Waals surface area (Å²) in [7, 11) is 0. The first-order valence-electron chi connectivity index (χ1n) is 6.12. The molecular weight excluding hydrogens is 262 g/mol. The molecule has 0 amide bonds. The van der Waals surface area contributed by atoms with Crippen LogP contribution in [0.3, 0.4) is 0 Å². The molecule has 1 fully saturated rings. The van der Waals surface area contributed by atoms with E-state index in [-0.39, 0.29) is 0 Å². The summed E-state index contributed by atoms with van der Waals surface area (Å²) in [5.74, 6) is 0. The summed E-state index contributed by atoms with van der Waals surface area (Å²) in [6, 6.07) is 9.17. The Kier molecular flexibility index (Phi) is 3.70. The molecule has 16 heavy (non-hydrogen) atoms. The van der Waals surface area contributed by atoms with Gasteiger partial charge in [0.05, 0.1) is 0 Å². The fourth-order valence-corrected chi connectivity index (χ4v) is 2.22. The molecular formula is C14H20BrN. The van der Waals surface area contributed by atoms with Crippen LogP contribution in [-0.2, 0) is 0 Å². The van der Waals surface area contributed by atoms with Gasteiger partial charge < -0.3 is 5.32 Å². The topological polar surface area (TPSA) is 12.0 Å². The van der Waals surface area contributed by atoms with Crippen LogP contribution in [-0.4, -0.2) is 6.54 Å². The van der Waals surface area contributed by atoms with Gasteiger partial charge >= 0.3 is 0 Å². The van der Waals surface area contributed by atoms with E-state index < -0.39 is 0 Å². The molecule has 2 rings (SSSR count). The zero-order chi connectivity index (χ0) is 11.6. The van der Waals surface area contributed by atoms with Crippen LogP contribution in [0.15, 0.2) is 28.7 Å². The van der Waals surface area contributed by atoms with E-state index in [4.69, 9.17) is 0 Å². The summed E-state index contributed by atoms with van der Waals surface area (Å²) < 4.78 is 1.15. The molecule has 1 atom stereocenters. The minimum absolute atomic E-state index is 0.505. The summed E-state index contributed by atoms with van der Waals surface area (Å²) in [5, 5.41) is 3.69. The van der Waals surface area contributed by atoms with Crippen LogP contribution in [0.2, 0.25) is 0 Å². The second-order valence-electron chi connectivity index (χ2n) is 5.20. The van der Waals surface area contributed by atoms with Crippen LogP contribution in [0.4, 0.5) is 0 Å². The quantitative estimate of drug-likeness (QED) is 0.849. The second-order valence-corrected chi connectivity index (χ2v) is 6.12. The average molecular weight is 282 g/mol. The van der Waals surface area contributed by atoms with Gasteiger partial charge in [-0.1, -0.05) is 41.9 Å². The maximum absolute atomic E-state index is 3.69. The zero-order valence-electron chi connectivity index (χ0n) is 10.1. The van der Waals surface area contributed by atoms with Crippen LogP contribution in [0, 0.1) is 5.41 Å². The van der Waals surface area contributed by atoms with Crippen molar-refractivity contribution in [1.82, 2.24) is 5.32 Å². The van der Waals surface area contributed by atoms with Crippen molar-refractivity contribution in [2.45, 2.75) is 39.2 Å². The molecule has 1 aliphatic rings. The molecule has 1 aliphatic carbocycles. The van der Waals surface area contributed by atoms with Crippen LogP contribution < -0.4 is 5.32 Å². The molecule has 0 radical (unpaired) electrons. The Labute approximate surface area is 107 Å². The van der Waals surface area contributed by atoms with E-state index in [1.807, 2.05) is 0 Å². The highest BCUT2D eigenvalue weighted by molar-refractivity contribution is 9.10. The zero-order valence-corrected chi connectivity index (χ0v) is 11.7. The molecule has 1 aromatic rings. The van der Waals surface area contributed by atoms with Gasteiger partial charge in [0.25, 0.3) is 0 Å². The Morgan fingerprint density at radius 2 is 1.94 bits per heavy atom. The van der Waals surface area contributed by atoms with Gasteiger partial charge in [0, 0.05) is 17.1 Å². The maximum atomic E-state index is 3.69. The number of nitrogens with one attached hydrogen (secondary N) is 1. The molecule has 1 N–H and O–H groups in total. The van der Waals surface area contributed by atoms with E-state index in [0.717, 1.165) is 17.4 Å². The standard InChI is InChI=1S/C14H20BrN/c1-3-13(16-10-14(2)8-9-14)11-4-6-12(15)7-5-11/h4-7,13,16H,3,8-10H2,1-2H3. The number of halogens is 1. The fraction of sp³-hybridized carbons (Fsp3) is 0.571. The lowest BCUT2D eigenvalue weighted by Crippen LogP contribution is -2.26. The van der Waals surface area contributed by atoms with Crippen molar-refractivity contribution >= 4 is 15.9 Å². The van der Waals surface area contributed by atoms with Crippen molar-refractivity contribution in [1.29, 1.82) is 0 Å². The van der Waals surface area contributed by atoms with E-state index in [9.17, 15) is 0 Å². The first-order valence-corrected chi connectivity index (χ1v) is 6.91. The van der Waals surface area contributed by atoms with Gasteiger partial charge in [0.15, 0.2) is 0 Å². The monoisotopic (exact) mass is 281 g/mol. The van der Waals surface area contributed by atoms with Crippen molar-refractivity contribution < 1.29 is 0 Å². The third-order valence-corrected chi connectivity index (χ3v) is 4.09. The Morgan fingerprint density at radius 3 is 2.44 bits per heavy atom. The van der Waals surface area contributed by atoms with Crippen LogP contribution in [0.5, 0.6) is 0 Å². The van der Waals surface area contributed by atoms with Crippen molar-refractivity contribution in [2.24, 2.45) is 5.41 Å². The van der Waals surface area contributed by atoms with Gasteiger partial charge in [-0.05, 0) is 42.4 Å². The van der Waals surface area contributed by atoms with Gasteiger partial charge in [-0.2, -0.15) is 0 Å². The van der Waals surface area contributed by atoms with Gasteiger partial charge in [-0.25, -0.2) is 0 Å². The molecule has 2 heteroatoms. The Balaban J connectivity index is 1.95. The van der Waals surface area contributed by atoms with Crippen molar-refractivity contribution in [2.75, 3.05) is 6.54 Å². The SMILES string of the molecule is CCC(NCC1(C)CC1)c1ccc(Br)cc1. The third-order valence-electron chi connectivity index (χ3n) is 3.56. The van der Waals surface area contributed by atoms with Crippen molar-refractivity contribution in [3.63, 3.8) is 0 Å². The molecule has 1 saturated carbocycles. The maximum Gasteiger partial charge on any atom is 0.0317 e. The first kappa shape index (κ1) is 12.1. The molecule has 1 aromatic carbocycles. The third kappa shape index (κ3) is 3.08. The first-order chi connectivity index (χ1) is 7.63. The molecule has 1 nitrogen and oxygen atoms in total. The molecule has 88 valence electrons. The summed E-state index contributed by atoms with van der Waals surface area (Å²) in [4.78, 5) is 0. The van der Waals surface area contributed by atoms with Crippen molar-refractivity contribution in [3.05, 3.63) is 34.3 Å². The Hall–Kier alpha value is -0.340. The highest BCUT2D eigenvalue weighted by atomic mass is 79.9. The molecule has 1 unspecified atom stereocenters. The van der Waals surface area contributed by atoms with Gasteiger partial charge in [-0.3, -0.25) is 0 Å². The van der Waals surface area contributed by atoms with Gasteiger partial charge in [-0.15, -0.1) is 0 Å². The predicted molar refractivity (Wildman–Crippen MR) is 72.5 cm³/mol. The van der Waals surface area contributed by atoms with Crippen LogP contribution >= 0.6 is 15.9 Å². The number of hydrogen-bond acceptors (Lipinski definition) is 1. The summed E-state index contributed by atoms with van der Waals surface area (Å²) in [6.45, 7) is 5.77. The minimum Gasteiger partial charge on any atom is -0.309 e. The highest BCUT2D eigenvalue weighted by Crippen LogP contribution is 2.44. The van der Waals surface area contributed by atoms with Gasteiger partial charge in [0.1, 0.15) is 0 Å².